The van der Waals surface area contributed by atoms with E-state index in [0.717, 1.165) is 38.7 Å². The number of nitrogens with zero attached hydrogens (tertiary/aromatic N) is 4. The van der Waals surface area contributed by atoms with E-state index in [1.807, 2.05) is 30.5 Å². The first-order valence-corrected chi connectivity index (χ1v) is 12.4. The minimum atomic E-state index is 0.159. The first-order chi connectivity index (χ1) is 17.3. The van der Waals surface area contributed by atoms with E-state index in [2.05, 4.69) is 105 Å². The molecule has 0 saturated heterocycles. The number of benzene rings is 4. The molecule has 1 unspecified atom stereocenters. The summed E-state index contributed by atoms with van der Waals surface area (Å²) in [4.78, 5) is 4.55. The van der Waals surface area contributed by atoms with Crippen LogP contribution in [0.3, 0.4) is 0 Å². The van der Waals surface area contributed by atoms with E-state index in [4.69, 9.17) is 5.10 Å². The van der Waals surface area contributed by atoms with Gasteiger partial charge in [0.25, 0.3) is 0 Å². The van der Waals surface area contributed by atoms with Gasteiger partial charge in [0.05, 0.1) is 33.9 Å². The van der Waals surface area contributed by atoms with Crippen LogP contribution in [0.4, 0.5) is 10.8 Å². The molecular weight excluding hydrogens is 450 g/mol. The summed E-state index contributed by atoms with van der Waals surface area (Å²) in [7, 11) is 0. The predicted molar refractivity (Wildman–Crippen MR) is 147 cm³/mol. The Bertz CT molecular complexity index is 1460. The number of hydrazone groups is 2. The lowest BCUT2D eigenvalue weighted by molar-refractivity contribution is 0.709. The number of fused-ring (bicyclic) bond motifs is 1. The third kappa shape index (κ3) is 4.56. The molecule has 6 heteroatoms. The first-order valence-electron chi connectivity index (χ1n) is 11.6. The van der Waals surface area contributed by atoms with E-state index < -0.39 is 0 Å². The number of nitrogens with one attached hydrogen (secondary N) is 1. The number of rotatable bonds is 6. The summed E-state index contributed by atoms with van der Waals surface area (Å²) in [5.74, 6) is 0. The van der Waals surface area contributed by atoms with Crippen LogP contribution in [0, 0.1) is 0 Å². The van der Waals surface area contributed by atoms with Crippen LogP contribution in [0.5, 0.6) is 0 Å². The maximum Gasteiger partial charge on any atom is 0.204 e. The molecule has 1 aliphatic heterocycles. The molecule has 0 saturated carbocycles. The van der Waals surface area contributed by atoms with Crippen molar-refractivity contribution in [3.63, 3.8) is 0 Å². The second kappa shape index (κ2) is 9.52. The Kier molecular flexibility index (Phi) is 5.78. The molecule has 5 nitrogen and oxygen atoms in total. The van der Waals surface area contributed by atoms with Crippen LogP contribution in [-0.4, -0.2) is 16.9 Å². The zero-order valence-electron chi connectivity index (χ0n) is 19.0. The number of hydrogen-bond donors (Lipinski definition) is 1. The Morgan fingerprint density at radius 2 is 1.54 bits per heavy atom. The summed E-state index contributed by atoms with van der Waals surface area (Å²) in [6.45, 7) is 0. The van der Waals surface area contributed by atoms with E-state index in [0.29, 0.717) is 0 Å². The third-order valence-corrected chi connectivity index (χ3v) is 6.97. The van der Waals surface area contributed by atoms with Crippen LogP contribution in [0.1, 0.15) is 29.2 Å². The highest BCUT2D eigenvalue weighted by Crippen LogP contribution is 2.36. The van der Waals surface area contributed by atoms with Gasteiger partial charge in [0.15, 0.2) is 0 Å². The fourth-order valence-corrected chi connectivity index (χ4v) is 5.10. The summed E-state index contributed by atoms with van der Waals surface area (Å²) in [6.07, 6.45) is 2.68. The van der Waals surface area contributed by atoms with Crippen molar-refractivity contribution in [3.05, 3.63) is 126 Å². The van der Waals surface area contributed by atoms with Crippen molar-refractivity contribution in [1.82, 2.24) is 4.98 Å². The second-order valence-electron chi connectivity index (χ2n) is 8.34. The van der Waals surface area contributed by atoms with Crippen LogP contribution in [0.25, 0.3) is 10.2 Å². The van der Waals surface area contributed by atoms with Gasteiger partial charge in [-0.1, -0.05) is 96.3 Å². The van der Waals surface area contributed by atoms with Crippen molar-refractivity contribution in [1.29, 1.82) is 0 Å². The van der Waals surface area contributed by atoms with Crippen LogP contribution >= 0.6 is 11.3 Å². The summed E-state index contributed by atoms with van der Waals surface area (Å²) in [5, 5.41) is 12.3. The molecule has 0 radical (unpaired) electrons. The maximum absolute atomic E-state index is 5.04. The highest BCUT2D eigenvalue weighted by atomic mass is 32.1. The minimum absolute atomic E-state index is 0.159. The van der Waals surface area contributed by atoms with Gasteiger partial charge in [-0.25, -0.2) is 4.98 Å². The van der Waals surface area contributed by atoms with E-state index in [1.165, 1.54) is 11.1 Å². The van der Waals surface area contributed by atoms with E-state index in [9.17, 15) is 0 Å². The van der Waals surface area contributed by atoms with E-state index >= 15 is 0 Å². The fourth-order valence-electron chi connectivity index (χ4n) is 4.28. The van der Waals surface area contributed by atoms with Crippen molar-refractivity contribution in [2.75, 3.05) is 10.4 Å². The highest BCUT2D eigenvalue weighted by molar-refractivity contribution is 7.22. The molecule has 4 aromatic carbocycles. The molecule has 0 spiro atoms. The zero-order chi connectivity index (χ0) is 23.5. The van der Waals surface area contributed by atoms with E-state index in [1.54, 1.807) is 11.3 Å². The molecule has 0 aliphatic carbocycles. The van der Waals surface area contributed by atoms with Crippen LogP contribution in [-0.2, 0) is 0 Å². The molecule has 1 aromatic heterocycles. The Hall–Kier alpha value is -4.29. The monoisotopic (exact) mass is 473 g/mol. The van der Waals surface area contributed by atoms with Gasteiger partial charge in [-0.3, -0.25) is 10.4 Å². The smallest absolute Gasteiger partial charge is 0.204 e. The summed E-state index contributed by atoms with van der Waals surface area (Å²) >= 11 is 1.59. The lowest BCUT2D eigenvalue weighted by Gasteiger charge is -2.24. The molecule has 6 rings (SSSR count). The van der Waals surface area contributed by atoms with Gasteiger partial charge >= 0.3 is 0 Å². The summed E-state index contributed by atoms with van der Waals surface area (Å²) < 4.78 is 1.14. The minimum Gasteiger partial charge on any atom is -0.257 e. The number of para-hydroxylation sites is 1. The Labute approximate surface area is 208 Å². The Morgan fingerprint density at radius 1 is 0.829 bits per heavy atom. The lowest BCUT2D eigenvalue weighted by atomic mass is 9.98. The standard InChI is InChI=1S/C29H23N5S/c1-3-9-22(10-4-1)26-19-27(23-11-5-2-6-12-23)34(33-26)24-17-15-21(16-18-24)20-30-32-29-31-25-13-7-8-14-28(25)35-29/h1-18,20,27H,19H2,(H,31,32)/b30-20+. The Morgan fingerprint density at radius 3 is 2.31 bits per heavy atom. The molecule has 5 aromatic rings. The first kappa shape index (κ1) is 21.3. The van der Waals surface area contributed by atoms with Gasteiger partial charge in [0, 0.05) is 6.42 Å². The number of aromatic nitrogens is 1. The highest BCUT2D eigenvalue weighted by Gasteiger charge is 2.29. The number of thiazole rings is 1. The van der Waals surface area contributed by atoms with Crippen LogP contribution in [0.15, 0.2) is 119 Å². The van der Waals surface area contributed by atoms with E-state index in [-0.39, 0.29) is 6.04 Å². The molecule has 2 heterocycles. The molecule has 0 fully saturated rings. The van der Waals surface area contributed by atoms with Crippen LogP contribution in [0.2, 0.25) is 0 Å². The Balaban J connectivity index is 1.22. The van der Waals surface area contributed by atoms with Crippen LogP contribution < -0.4 is 10.4 Å². The fraction of sp³-hybridized carbons (Fsp3) is 0.0690. The van der Waals surface area contributed by atoms with Gasteiger partial charge in [-0.15, -0.1) is 0 Å². The summed E-state index contributed by atoms with van der Waals surface area (Å²) in [6, 6.07) is 37.6. The van der Waals surface area contributed by atoms with Gasteiger partial charge in [-0.05, 0) is 41.0 Å². The largest absolute Gasteiger partial charge is 0.257 e. The van der Waals surface area contributed by atoms with Crippen molar-refractivity contribution in [2.24, 2.45) is 10.2 Å². The third-order valence-electron chi connectivity index (χ3n) is 6.03. The molecule has 1 N–H and O–H groups in total. The molecule has 1 aliphatic rings. The quantitative estimate of drug-likeness (QED) is 0.211. The van der Waals surface area contributed by atoms with Gasteiger partial charge in [-0.2, -0.15) is 10.2 Å². The molecule has 1 atom stereocenters. The van der Waals surface area contributed by atoms with Crippen molar-refractivity contribution >= 4 is 44.3 Å². The predicted octanol–water partition coefficient (Wildman–Crippen LogP) is 7.10. The summed E-state index contributed by atoms with van der Waals surface area (Å²) in [5.41, 5.74) is 9.62. The number of anilines is 2. The molecule has 170 valence electrons. The normalized spacial score (nSPS) is 15.6. The average Bonchev–Trinajstić information content (AvgIpc) is 3.55. The van der Waals surface area contributed by atoms with Gasteiger partial charge in [0.1, 0.15) is 0 Å². The number of hydrogen-bond acceptors (Lipinski definition) is 6. The van der Waals surface area contributed by atoms with Gasteiger partial charge in [0.2, 0.25) is 5.13 Å². The maximum atomic E-state index is 5.04. The molecule has 35 heavy (non-hydrogen) atoms. The zero-order valence-corrected chi connectivity index (χ0v) is 19.8. The SMILES string of the molecule is C(=N\Nc1nc2ccccc2s1)/c1ccc(N2N=C(c3ccccc3)CC2c2ccccc2)cc1. The average molecular weight is 474 g/mol. The lowest BCUT2D eigenvalue weighted by Crippen LogP contribution is -2.18. The molecular formula is C29H23N5S. The van der Waals surface area contributed by atoms with Crippen molar-refractivity contribution in [2.45, 2.75) is 12.5 Å². The topological polar surface area (TPSA) is 52.9 Å². The molecule has 0 bridgehead atoms. The second-order valence-corrected chi connectivity index (χ2v) is 9.37. The van der Waals surface area contributed by atoms with Crippen molar-refractivity contribution in [3.8, 4) is 0 Å². The van der Waals surface area contributed by atoms with Crippen molar-refractivity contribution < 1.29 is 0 Å². The van der Waals surface area contributed by atoms with Gasteiger partial charge < -0.3 is 0 Å². The molecule has 0 amide bonds.